The fraction of sp³-hybridized carbons (Fsp3) is 0.478. The van der Waals surface area contributed by atoms with Gasteiger partial charge in [0.05, 0.1) is 7.11 Å². The SMILES string of the molecule is COc1ccc(Cl)c(CC2CCN(CC3Cc4ccccc4N3C)CC2)c1. The third kappa shape index (κ3) is 4.09. The number of benzene rings is 2. The Kier molecular flexibility index (Phi) is 5.60. The summed E-state index contributed by atoms with van der Waals surface area (Å²) in [5.41, 5.74) is 4.12. The number of piperidine rings is 1. The van der Waals surface area contributed by atoms with E-state index >= 15 is 0 Å². The molecule has 0 aromatic heterocycles. The molecule has 1 atom stereocenters. The highest BCUT2D eigenvalue weighted by Gasteiger charge is 2.29. The fourth-order valence-electron chi connectivity index (χ4n) is 4.62. The second-order valence-corrected chi connectivity index (χ2v) is 8.41. The third-order valence-corrected chi connectivity index (χ3v) is 6.68. The van der Waals surface area contributed by atoms with E-state index in [0.717, 1.165) is 23.7 Å². The van der Waals surface area contributed by atoms with E-state index in [-0.39, 0.29) is 0 Å². The highest BCUT2D eigenvalue weighted by molar-refractivity contribution is 6.31. The molecule has 4 heteroatoms. The number of likely N-dealkylation sites (tertiary alicyclic amines) is 1. The summed E-state index contributed by atoms with van der Waals surface area (Å²) in [6.45, 7) is 3.54. The lowest BCUT2D eigenvalue weighted by Crippen LogP contribution is -2.44. The van der Waals surface area contributed by atoms with Crippen LogP contribution in [0.5, 0.6) is 5.75 Å². The average molecular weight is 385 g/mol. The van der Waals surface area contributed by atoms with E-state index in [1.807, 2.05) is 12.1 Å². The Morgan fingerprint density at radius 3 is 2.63 bits per heavy atom. The molecule has 0 spiro atoms. The Bertz CT molecular complexity index is 786. The first-order valence-electron chi connectivity index (χ1n) is 9.99. The first-order chi connectivity index (χ1) is 13.1. The van der Waals surface area contributed by atoms with Crippen molar-refractivity contribution >= 4 is 17.3 Å². The van der Waals surface area contributed by atoms with E-state index in [2.05, 4.69) is 47.2 Å². The molecule has 1 unspecified atom stereocenters. The van der Waals surface area contributed by atoms with Crippen LogP contribution in [-0.4, -0.2) is 44.7 Å². The fourth-order valence-corrected chi connectivity index (χ4v) is 4.81. The van der Waals surface area contributed by atoms with Crippen LogP contribution in [0.4, 0.5) is 5.69 Å². The number of halogens is 1. The smallest absolute Gasteiger partial charge is 0.119 e. The molecule has 1 fully saturated rings. The van der Waals surface area contributed by atoms with Crippen molar-refractivity contribution in [3.63, 3.8) is 0 Å². The number of methoxy groups -OCH3 is 1. The number of hydrogen-bond acceptors (Lipinski definition) is 3. The molecule has 2 aromatic rings. The van der Waals surface area contributed by atoms with Crippen LogP contribution in [0.1, 0.15) is 24.0 Å². The first-order valence-corrected chi connectivity index (χ1v) is 10.4. The van der Waals surface area contributed by atoms with E-state index in [1.165, 1.54) is 49.2 Å². The molecule has 2 aliphatic rings. The molecule has 2 heterocycles. The van der Waals surface area contributed by atoms with Gasteiger partial charge in [-0.1, -0.05) is 29.8 Å². The predicted octanol–water partition coefficient (Wildman–Crippen LogP) is 4.66. The Hall–Kier alpha value is -1.71. The van der Waals surface area contributed by atoms with Crippen LogP contribution in [0.15, 0.2) is 42.5 Å². The Morgan fingerprint density at radius 2 is 1.89 bits per heavy atom. The van der Waals surface area contributed by atoms with Crippen LogP contribution in [0.3, 0.4) is 0 Å². The molecule has 3 nitrogen and oxygen atoms in total. The second-order valence-electron chi connectivity index (χ2n) is 8.00. The van der Waals surface area contributed by atoms with E-state index in [9.17, 15) is 0 Å². The number of hydrogen-bond donors (Lipinski definition) is 0. The van der Waals surface area contributed by atoms with E-state index in [4.69, 9.17) is 16.3 Å². The molecule has 27 heavy (non-hydrogen) atoms. The summed E-state index contributed by atoms with van der Waals surface area (Å²) in [6.07, 6.45) is 4.72. The van der Waals surface area contributed by atoms with Crippen LogP contribution < -0.4 is 9.64 Å². The van der Waals surface area contributed by atoms with Crippen LogP contribution in [0, 0.1) is 5.92 Å². The van der Waals surface area contributed by atoms with Crippen LogP contribution in [0.25, 0.3) is 0 Å². The highest BCUT2D eigenvalue weighted by Crippen LogP contribution is 2.32. The summed E-state index contributed by atoms with van der Waals surface area (Å²) < 4.78 is 5.36. The summed E-state index contributed by atoms with van der Waals surface area (Å²) in [5.74, 6) is 1.61. The van der Waals surface area contributed by atoms with Crippen LogP contribution in [0.2, 0.25) is 5.02 Å². The van der Waals surface area contributed by atoms with Crippen LogP contribution in [-0.2, 0) is 12.8 Å². The van der Waals surface area contributed by atoms with Gasteiger partial charge in [0.1, 0.15) is 5.75 Å². The highest BCUT2D eigenvalue weighted by atomic mass is 35.5. The number of fused-ring (bicyclic) bond motifs is 1. The zero-order chi connectivity index (χ0) is 18.8. The van der Waals surface area contributed by atoms with Crippen molar-refractivity contribution in [2.45, 2.75) is 31.7 Å². The first kappa shape index (κ1) is 18.6. The second kappa shape index (κ2) is 8.12. The van der Waals surface area contributed by atoms with Gasteiger partial charge in [0.15, 0.2) is 0 Å². The topological polar surface area (TPSA) is 15.7 Å². The van der Waals surface area contributed by atoms with Crippen molar-refractivity contribution in [1.29, 1.82) is 0 Å². The van der Waals surface area contributed by atoms with Crippen molar-refractivity contribution < 1.29 is 4.74 Å². The lowest BCUT2D eigenvalue weighted by molar-refractivity contribution is 0.175. The van der Waals surface area contributed by atoms with Gasteiger partial charge in [-0.3, -0.25) is 0 Å². The number of para-hydroxylation sites is 1. The lowest BCUT2D eigenvalue weighted by Gasteiger charge is -2.35. The molecule has 0 radical (unpaired) electrons. The van der Waals surface area contributed by atoms with Crippen molar-refractivity contribution in [2.75, 3.05) is 38.7 Å². The molecule has 0 N–H and O–H groups in total. The molecule has 1 saturated heterocycles. The minimum atomic E-state index is 0.603. The minimum absolute atomic E-state index is 0.603. The largest absolute Gasteiger partial charge is 0.497 e. The van der Waals surface area contributed by atoms with E-state index in [0.29, 0.717) is 12.0 Å². The Morgan fingerprint density at radius 1 is 1.11 bits per heavy atom. The molecule has 4 rings (SSSR count). The number of rotatable bonds is 5. The normalized spacial score (nSPS) is 20.7. The number of likely N-dealkylation sites (N-methyl/N-ethyl adjacent to an activating group) is 1. The predicted molar refractivity (Wildman–Crippen MR) is 113 cm³/mol. The van der Waals surface area contributed by atoms with Gasteiger partial charge in [-0.05, 0) is 80.1 Å². The summed E-state index contributed by atoms with van der Waals surface area (Å²) in [7, 11) is 3.96. The van der Waals surface area contributed by atoms with Gasteiger partial charge in [-0.15, -0.1) is 0 Å². The van der Waals surface area contributed by atoms with Gasteiger partial charge in [0, 0.05) is 30.3 Å². The zero-order valence-corrected chi connectivity index (χ0v) is 17.1. The molecular formula is C23H29ClN2O. The Labute approximate surface area is 167 Å². The maximum Gasteiger partial charge on any atom is 0.119 e. The van der Waals surface area contributed by atoms with E-state index < -0.39 is 0 Å². The van der Waals surface area contributed by atoms with Gasteiger partial charge in [0.25, 0.3) is 0 Å². The summed E-state index contributed by atoms with van der Waals surface area (Å²) in [4.78, 5) is 5.12. The Balaban J connectivity index is 1.30. The monoisotopic (exact) mass is 384 g/mol. The molecule has 144 valence electrons. The summed E-state index contributed by atoms with van der Waals surface area (Å²) >= 11 is 6.40. The zero-order valence-electron chi connectivity index (χ0n) is 16.3. The van der Waals surface area contributed by atoms with Gasteiger partial charge in [-0.2, -0.15) is 0 Å². The van der Waals surface area contributed by atoms with Gasteiger partial charge < -0.3 is 14.5 Å². The van der Waals surface area contributed by atoms with E-state index in [1.54, 1.807) is 7.11 Å². The molecule has 0 saturated carbocycles. The number of anilines is 1. The van der Waals surface area contributed by atoms with Gasteiger partial charge in [-0.25, -0.2) is 0 Å². The molecule has 0 aliphatic carbocycles. The van der Waals surface area contributed by atoms with Crippen molar-refractivity contribution in [3.8, 4) is 5.75 Å². The molecule has 0 bridgehead atoms. The molecular weight excluding hydrogens is 356 g/mol. The van der Waals surface area contributed by atoms with Crippen molar-refractivity contribution in [2.24, 2.45) is 5.92 Å². The summed E-state index contributed by atoms with van der Waals surface area (Å²) in [6, 6.07) is 15.4. The third-order valence-electron chi connectivity index (χ3n) is 6.31. The van der Waals surface area contributed by atoms with Gasteiger partial charge in [0.2, 0.25) is 0 Å². The summed E-state index contributed by atoms with van der Waals surface area (Å²) in [5, 5.41) is 0.864. The van der Waals surface area contributed by atoms with Gasteiger partial charge >= 0.3 is 0 Å². The quantitative estimate of drug-likeness (QED) is 0.745. The molecule has 2 aliphatic heterocycles. The standard InChI is InChI=1S/C23H29ClN2O/c1-25-20(14-18-5-3-4-6-23(18)25)16-26-11-9-17(10-12-26)13-19-15-21(27-2)7-8-22(19)24/h3-8,15,17,20H,9-14,16H2,1-2H3. The maximum absolute atomic E-state index is 6.40. The average Bonchev–Trinajstić information content (AvgIpc) is 3.01. The molecule has 0 amide bonds. The lowest BCUT2D eigenvalue weighted by atomic mass is 9.90. The maximum atomic E-state index is 6.40. The molecule has 2 aromatic carbocycles. The van der Waals surface area contributed by atoms with Crippen molar-refractivity contribution in [3.05, 3.63) is 58.6 Å². The van der Waals surface area contributed by atoms with Crippen molar-refractivity contribution in [1.82, 2.24) is 4.90 Å². The van der Waals surface area contributed by atoms with Crippen LogP contribution >= 0.6 is 11.6 Å². The minimum Gasteiger partial charge on any atom is -0.497 e. The number of ether oxygens (including phenoxy) is 1. The number of nitrogens with zero attached hydrogens (tertiary/aromatic N) is 2.